The molecule has 0 fully saturated rings. The van der Waals surface area contributed by atoms with Gasteiger partial charge in [-0.1, -0.05) is 203 Å². The molecule has 0 aromatic heterocycles. The van der Waals surface area contributed by atoms with Crippen molar-refractivity contribution in [2.45, 2.75) is 247 Å². The van der Waals surface area contributed by atoms with Gasteiger partial charge in [-0.05, 0) is 121 Å². The highest BCUT2D eigenvalue weighted by molar-refractivity contribution is 6.75. The molecule has 0 saturated carbocycles. The zero-order chi connectivity index (χ0) is 57.3. The minimum absolute atomic E-state index is 0.00470. The molecule has 0 aliphatic heterocycles. The number of ether oxygens (including phenoxy) is 2. The summed E-state index contributed by atoms with van der Waals surface area (Å²) in [5, 5.41) is 9.62. The first-order valence-corrected chi connectivity index (χ1v) is 39.9. The Labute approximate surface area is 462 Å². The third-order valence-corrected chi connectivity index (χ3v) is 35.3. The Bertz CT molecular complexity index is 1920. The van der Waals surface area contributed by atoms with E-state index < -0.39 is 33.3 Å². The Balaban J connectivity index is 3.83. The van der Waals surface area contributed by atoms with E-state index in [1.54, 1.807) is 13.2 Å². The average Bonchev–Trinajstić information content (AvgIpc) is 3.26. The van der Waals surface area contributed by atoms with Crippen LogP contribution in [0.3, 0.4) is 0 Å². The quantitative estimate of drug-likeness (QED) is 0.0451. The highest BCUT2D eigenvalue weighted by atomic mass is 28.4. The molecule has 74 heavy (non-hydrogen) atoms. The van der Waals surface area contributed by atoms with Crippen LogP contribution in [-0.2, 0) is 29.0 Å². The van der Waals surface area contributed by atoms with Gasteiger partial charge >= 0.3 is 0 Å². The van der Waals surface area contributed by atoms with Crippen LogP contribution in [0.5, 0.6) is 5.75 Å². The fourth-order valence-electron chi connectivity index (χ4n) is 7.93. The Morgan fingerprint density at radius 3 is 1.47 bits per heavy atom. The average molecular weight is 1100 g/mol. The maximum Gasteiger partial charge on any atom is 0.192 e. The molecule has 0 unspecified atom stereocenters. The fraction of sp³-hybridized carbons (Fsp3) is 0.714. The summed E-state index contributed by atoms with van der Waals surface area (Å²) in [5.74, 6) is 1.50. The van der Waals surface area contributed by atoms with Crippen molar-refractivity contribution in [2.24, 2.45) is 29.6 Å². The van der Waals surface area contributed by atoms with E-state index in [0.717, 1.165) is 30.6 Å². The van der Waals surface area contributed by atoms with Crippen molar-refractivity contribution in [3.8, 4) is 5.75 Å². The van der Waals surface area contributed by atoms with Crippen molar-refractivity contribution >= 4 is 33.3 Å². The van der Waals surface area contributed by atoms with E-state index in [0.29, 0.717) is 6.61 Å². The molecule has 1 aromatic rings. The van der Waals surface area contributed by atoms with E-state index in [1.165, 1.54) is 0 Å². The number of benzene rings is 1. The maximum absolute atomic E-state index is 9.42. The van der Waals surface area contributed by atoms with Crippen LogP contribution in [0.1, 0.15) is 143 Å². The topological polar surface area (TPSA) is 75.6 Å². The van der Waals surface area contributed by atoms with Gasteiger partial charge in [0.2, 0.25) is 0 Å². The number of aliphatic hydroxyl groups is 1. The molecule has 7 nitrogen and oxygen atoms in total. The van der Waals surface area contributed by atoms with Crippen LogP contribution in [0.2, 0.25) is 72.5 Å². The lowest BCUT2D eigenvalue weighted by Gasteiger charge is -2.43. The number of methoxy groups -OCH3 is 1. The van der Waals surface area contributed by atoms with E-state index in [-0.39, 0.29) is 86.9 Å². The molecule has 426 valence electrons. The number of rotatable bonds is 31. The van der Waals surface area contributed by atoms with Gasteiger partial charge in [-0.15, -0.1) is 0 Å². The fourth-order valence-corrected chi connectivity index (χ4v) is 13.5. The van der Waals surface area contributed by atoms with Crippen LogP contribution in [-0.4, -0.2) is 82.6 Å². The van der Waals surface area contributed by atoms with Crippen molar-refractivity contribution in [3.63, 3.8) is 0 Å². The van der Waals surface area contributed by atoms with Gasteiger partial charge in [0.05, 0.1) is 50.8 Å². The van der Waals surface area contributed by atoms with Crippen LogP contribution < -0.4 is 4.74 Å². The van der Waals surface area contributed by atoms with E-state index in [9.17, 15) is 5.11 Å². The van der Waals surface area contributed by atoms with Crippen molar-refractivity contribution < 1.29 is 32.3 Å². The Hall–Kier alpha value is -1.91. The molecular formula is C63H116O7Si4. The summed E-state index contributed by atoms with van der Waals surface area (Å²) in [6.07, 6.45) is 25.8. The number of allylic oxidation sites excluding steroid dienone is 5. The smallest absolute Gasteiger partial charge is 0.192 e. The Kier molecular flexibility index (Phi) is 28.3. The van der Waals surface area contributed by atoms with Crippen molar-refractivity contribution in [1.29, 1.82) is 0 Å². The molecule has 10 atom stereocenters. The first kappa shape index (κ1) is 70.1. The molecule has 0 spiro atoms. The summed E-state index contributed by atoms with van der Waals surface area (Å²) in [4.78, 5) is 0. The molecule has 0 amide bonds. The highest BCUT2D eigenvalue weighted by Crippen LogP contribution is 2.44. The highest BCUT2D eigenvalue weighted by Gasteiger charge is 2.45. The van der Waals surface area contributed by atoms with E-state index in [1.807, 2.05) is 36.4 Å². The third kappa shape index (κ3) is 22.8. The number of aliphatic hydroxyl groups excluding tert-OH is 1. The molecular weight excluding hydrogens is 981 g/mol. The van der Waals surface area contributed by atoms with Crippen molar-refractivity contribution in [3.05, 3.63) is 103 Å². The predicted molar refractivity (Wildman–Crippen MR) is 333 cm³/mol. The van der Waals surface area contributed by atoms with Crippen LogP contribution in [0.15, 0.2) is 97.7 Å². The van der Waals surface area contributed by atoms with Gasteiger partial charge in [-0.2, -0.15) is 0 Å². The lowest BCUT2D eigenvalue weighted by Crippen LogP contribution is -2.48. The van der Waals surface area contributed by atoms with Gasteiger partial charge < -0.3 is 32.3 Å². The minimum Gasteiger partial charge on any atom is -0.497 e. The lowest BCUT2D eigenvalue weighted by atomic mass is 9.86. The molecule has 0 bridgehead atoms. The second kappa shape index (κ2) is 29.9. The summed E-state index contributed by atoms with van der Waals surface area (Å²) in [6.45, 7) is 62.8. The van der Waals surface area contributed by atoms with Crippen molar-refractivity contribution in [1.82, 2.24) is 0 Å². The van der Waals surface area contributed by atoms with E-state index in [2.05, 4.69) is 225 Å². The zero-order valence-electron chi connectivity index (χ0n) is 52.6. The van der Waals surface area contributed by atoms with Gasteiger partial charge in [-0.3, -0.25) is 0 Å². The summed E-state index contributed by atoms with van der Waals surface area (Å²) >= 11 is 0. The van der Waals surface area contributed by atoms with E-state index in [4.69, 9.17) is 27.2 Å². The normalized spacial score (nSPS) is 18.5. The first-order valence-electron chi connectivity index (χ1n) is 28.2. The number of hydrogen-bond acceptors (Lipinski definition) is 7. The molecule has 0 aliphatic carbocycles. The Morgan fingerprint density at radius 2 is 0.986 bits per heavy atom. The summed E-state index contributed by atoms with van der Waals surface area (Å²) < 4.78 is 41.9. The predicted octanol–water partition coefficient (Wildman–Crippen LogP) is 18.5. The van der Waals surface area contributed by atoms with Gasteiger partial charge in [-0.25, -0.2) is 0 Å². The molecule has 1 aromatic carbocycles. The second-order valence-corrected chi connectivity index (χ2v) is 46.8. The minimum atomic E-state index is -2.21. The Morgan fingerprint density at radius 1 is 0.527 bits per heavy atom. The summed E-state index contributed by atoms with van der Waals surface area (Å²) in [7, 11) is -7.03. The molecule has 1 rings (SSSR count). The molecule has 0 radical (unpaired) electrons. The van der Waals surface area contributed by atoms with Crippen molar-refractivity contribution in [2.75, 3.05) is 13.7 Å². The summed E-state index contributed by atoms with van der Waals surface area (Å²) in [6, 6.07) is 8.17. The largest absolute Gasteiger partial charge is 0.497 e. The standard InChI is InChI=1S/C63H116O7Si4/c1-28-29-35-50(4)59(66-47-53-40-43-54(65-19)44-41-53)52(6)56(68-72(22,23)61(10,11)12)38-33-32-37-49(3)58(70-74(26,27)63(16,17)18)51(5)39-42-55(67-71(20,21)60(7,8)9)46-57(48(2)36-31-30-34-45-64)69-73(24,25)62(13,14)15/h28-32,34-37,39-44,48-52,55-59,64H,1,33,38,45-47H2,2-27H3/b34-30-,35-29-,36-31+,37-32-,42-39-/t48-,49+,50+,51+,52+,55-,56-,57+,58-,59+/m1/s1. The SMILES string of the molecule is C=C/C=C\[C@H](C)[C@H](OCc1ccc(OC)cc1)[C@@H](C)[C@@H](CC/C=C\[C@H](C)[C@@H](O[Si](C)(C)C(C)(C)C)[C@@H](C)/C=C\[C@H](C[C@H](O[Si](C)(C)C(C)(C)C)[C@H](C)/C=C/C=C\CO)O[Si](C)(C)C(C)(C)C)O[Si](C)(C)C(C)(C)C. The van der Waals surface area contributed by atoms with Gasteiger partial charge in [0, 0.05) is 18.3 Å². The van der Waals surface area contributed by atoms with E-state index >= 15 is 0 Å². The zero-order valence-corrected chi connectivity index (χ0v) is 56.6. The van der Waals surface area contributed by atoms with Crippen LogP contribution >= 0.6 is 0 Å². The monoisotopic (exact) mass is 1100 g/mol. The molecule has 1 N–H and O–H groups in total. The van der Waals surface area contributed by atoms with Gasteiger partial charge in [0.15, 0.2) is 33.3 Å². The summed E-state index contributed by atoms with van der Waals surface area (Å²) in [5.41, 5.74) is 1.12. The second-order valence-electron chi connectivity index (χ2n) is 27.8. The first-order chi connectivity index (χ1) is 33.7. The maximum atomic E-state index is 9.42. The van der Waals surface area contributed by atoms with Crippen LogP contribution in [0.25, 0.3) is 0 Å². The molecule has 0 aliphatic rings. The molecule has 0 saturated heterocycles. The van der Waals surface area contributed by atoms with Crippen LogP contribution in [0.4, 0.5) is 0 Å². The molecule has 11 heteroatoms. The number of hydrogen-bond donors (Lipinski definition) is 1. The lowest BCUT2D eigenvalue weighted by molar-refractivity contribution is -0.0537. The van der Waals surface area contributed by atoms with Gasteiger partial charge in [0.1, 0.15) is 5.75 Å². The van der Waals surface area contributed by atoms with Gasteiger partial charge in [0.25, 0.3) is 0 Å². The van der Waals surface area contributed by atoms with Crippen LogP contribution in [0, 0.1) is 29.6 Å². The molecule has 0 heterocycles. The third-order valence-electron chi connectivity index (χ3n) is 17.3.